The van der Waals surface area contributed by atoms with Crippen molar-refractivity contribution in [3.63, 3.8) is 0 Å². The predicted molar refractivity (Wildman–Crippen MR) is 78.6 cm³/mol. The van der Waals surface area contributed by atoms with Gasteiger partial charge in [-0.25, -0.2) is 4.79 Å². The van der Waals surface area contributed by atoms with Crippen molar-refractivity contribution >= 4 is 23.5 Å². The summed E-state index contributed by atoms with van der Waals surface area (Å²) >= 11 is 5.97. The third-order valence-electron chi connectivity index (χ3n) is 3.68. The lowest BCUT2D eigenvalue weighted by Gasteiger charge is -2.26. The normalized spacial score (nSPS) is 16.9. The van der Waals surface area contributed by atoms with Crippen molar-refractivity contribution in [2.45, 2.75) is 32.2 Å². The monoisotopic (exact) mass is 311 g/mol. The number of rotatable bonds is 6. The molecule has 0 aromatic heterocycles. The van der Waals surface area contributed by atoms with Gasteiger partial charge in [0, 0.05) is 0 Å². The molecule has 1 amide bonds. The molecule has 1 fully saturated rings. The van der Waals surface area contributed by atoms with Gasteiger partial charge in [0.1, 0.15) is 11.3 Å². The number of ether oxygens (including phenoxy) is 1. The molecule has 1 aliphatic carbocycles. The lowest BCUT2D eigenvalue weighted by molar-refractivity contribution is -0.148. The van der Waals surface area contributed by atoms with Gasteiger partial charge in [-0.15, -0.1) is 0 Å². The Morgan fingerprint density at radius 2 is 2.14 bits per heavy atom. The maximum absolute atomic E-state index is 11.9. The van der Waals surface area contributed by atoms with Crippen LogP contribution in [0.4, 0.5) is 0 Å². The fraction of sp³-hybridized carbons (Fsp3) is 0.467. The third-order valence-corrected chi connectivity index (χ3v) is 3.99. The Kier molecular flexibility index (Phi) is 4.42. The first-order valence-electron chi connectivity index (χ1n) is 6.76. The molecular weight excluding hydrogens is 294 g/mol. The number of halogens is 1. The Hall–Kier alpha value is -1.75. The van der Waals surface area contributed by atoms with Crippen molar-refractivity contribution in [3.8, 4) is 5.75 Å². The zero-order valence-electron chi connectivity index (χ0n) is 12.0. The molecule has 0 bridgehead atoms. The van der Waals surface area contributed by atoms with Gasteiger partial charge in [0.05, 0.1) is 5.02 Å². The summed E-state index contributed by atoms with van der Waals surface area (Å²) in [6.45, 7) is 3.15. The predicted octanol–water partition coefficient (Wildman–Crippen LogP) is 2.40. The number of benzene rings is 1. The molecule has 0 heterocycles. The van der Waals surface area contributed by atoms with Crippen LogP contribution in [0.1, 0.15) is 25.3 Å². The van der Waals surface area contributed by atoms with Gasteiger partial charge < -0.3 is 15.2 Å². The minimum absolute atomic E-state index is 0.0125. The van der Waals surface area contributed by atoms with E-state index in [9.17, 15) is 14.7 Å². The van der Waals surface area contributed by atoms with Gasteiger partial charge in [-0.1, -0.05) is 17.7 Å². The molecule has 2 N–H and O–H groups in total. The number of hydrogen-bond acceptors (Lipinski definition) is 3. The van der Waals surface area contributed by atoms with Crippen molar-refractivity contribution in [1.29, 1.82) is 0 Å². The topological polar surface area (TPSA) is 75.6 Å². The lowest BCUT2D eigenvalue weighted by atomic mass is 9.96. The summed E-state index contributed by atoms with van der Waals surface area (Å²) in [6.07, 6.45) is 1.63. The molecule has 1 aromatic rings. The van der Waals surface area contributed by atoms with Gasteiger partial charge >= 0.3 is 5.97 Å². The van der Waals surface area contributed by atoms with Crippen LogP contribution in [0.3, 0.4) is 0 Å². The molecule has 1 unspecified atom stereocenters. The first-order valence-corrected chi connectivity index (χ1v) is 7.14. The Bertz CT molecular complexity index is 571. The summed E-state index contributed by atoms with van der Waals surface area (Å²) in [5, 5.41) is 12.2. The second kappa shape index (κ2) is 5.93. The van der Waals surface area contributed by atoms with Crippen molar-refractivity contribution in [3.05, 3.63) is 28.8 Å². The fourth-order valence-electron chi connectivity index (χ4n) is 2.18. The summed E-state index contributed by atoms with van der Waals surface area (Å²) in [4.78, 5) is 23.3. The molecule has 114 valence electrons. The van der Waals surface area contributed by atoms with Crippen LogP contribution in [0.5, 0.6) is 5.75 Å². The largest absolute Gasteiger partial charge is 0.482 e. The number of aliphatic carboxylic acids is 1. The van der Waals surface area contributed by atoms with Crippen molar-refractivity contribution < 1.29 is 19.4 Å². The highest BCUT2D eigenvalue weighted by atomic mass is 35.5. The van der Waals surface area contributed by atoms with Crippen LogP contribution in [0.2, 0.25) is 5.02 Å². The number of carbonyl (C=O) groups excluding carboxylic acids is 1. The highest BCUT2D eigenvalue weighted by molar-refractivity contribution is 6.32. The van der Waals surface area contributed by atoms with Crippen molar-refractivity contribution in [2.24, 2.45) is 5.92 Å². The average molecular weight is 312 g/mol. The summed E-state index contributed by atoms with van der Waals surface area (Å²) in [5.41, 5.74) is -0.264. The van der Waals surface area contributed by atoms with Gasteiger partial charge in [-0.3, -0.25) is 4.79 Å². The van der Waals surface area contributed by atoms with Crippen LogP contribution < -0.4 is 10.1 Å². The van der Waals surface area contributed by atoms with E-state index in [-0.39, 0.29) is 12.5 Å². The Balaban J connectivity index is 1.95. The highest BCUT2D eigenvalue weighted by Crippen LogP contribution is 2.39. The average Bonchev–Trinajstić information content (AvgIpc) is 3.24. The van der Waals surface area contributed by atoms with Gasteiger partial charge in [-0.2, -0.15) is 0 Å². The quantitative estimate of drug-likeness (QED) is 0.846. The molecular formula is C15H18ClNO4. The summed E-state index contributed by atoms with van der Waals surface area (Å²) in [5.74, 6) is -1.09. The summed E-state index contributed by atoms with van der Waals surface area (Å²) < 4.78 is 5.37. The van der Waals surface area contributed by atoms with E-state index in [1.165, 1.54) is 6.92 Å². The molecule has 6 heteroatoms. The smallest absolute Gasteiger partial charge is 0.329 e. The Morgan fingerprint density at radius 3 is 2.71 bits per heavy atom. The molecule has 0 saturated heterocycles. The lowest BCUT2D eigenvalue weighted by Crippen LogP contribution is -2.55. The van der Waals surface area contributed by atoms with E-state index in [0.717, 1.165) is 18.4 Å². The van der Waals surface area contributed by atoms with E-state index in [0.29, 0.717) is 10.8 Å². The highest BCUT2D eigenvalue weighted by Gasteiger charge is 2.48. The number of nitrogens with one attached hydrogen (secondary N) is 1. The molecule has 1 atom stereocenters. The molecule has 0 spiro atoms. The molecule has 5 nitrogen and oxygen atoms in total. The van der Waals surface area contributed by atoms with E-state index in [4.69, 9.17) is 16.3 Å². The second-order valence-corrected chi connectivity index (χ2v) is 5.96. The first-order chi connectivity index (χ1) is 9.83. The van der Waals surface area contributed by atoms with E-state index >= 15 is 0 Å². The number of hydrogen-bond donors (Lipinski definition) is 2. The third kappa shape index (κ3) is 3.67. The molecule has 0 aliphatic heterocycles. The van der Waals surface area contributed by atoms with Crippen LogP contribution in [0.15, 0.2) is 18.2 Å². The Morgan fingerprint density at radius 1 is 1.48 bits per heavy atom. The minimum Gasteiger partial charge on any atom is -0.482 e. The SMILES string of the molecule is Cc1ccc(Cl)c(OCC(=O)NC(C)(C(=O)O)C2CC2)c1. The summed E-state index contributed by atoms with van der Waals surface area (Å²) in [7, 11) is 0. The molecule has 2 rings (SSSR count). The van der Waals surface area contributed by atoms with E-state index in [1.807, 2.05) is 13.0 Å². The zero-order valence-corrected chi connectivity index (χ0v) is 12.7. The van der Waals surface area contributed by atoms with Crippen molar-refractivity contribution in [1.82, 2.24) is 5.32 Å². The second-order valence-electron chi connectivity index (χ2n) is 5.55. The van der Waals surface area contributed by atoms with Gasteiger partial charge in [0.25, 0.3) is 5.91 Å². The Labute approximate surface area is 128 Å². The van der Waals surface area contributed by atoms with Crippen LogP contribution in [-0.4, -0.2) is 29.1 Å². The zero-order chi connectivity index (χ0) is 15.6. The number of carboxylic acids is 1. The molecule has 1 saturated carbocycles. The van der Waals surface area contributed by atoms with Gasteiger partial charge in [0.15, 0.2) is 6.61 Å². The standard InChI is InChI=1S/C15H18ClNO4/c1-9-3-6-11(16)12(7-9)21-8-13(18)17-15(2,14(19)20)10-4-5-10/h3,6-7,10H,4-5,8H2,1-2H3,(H,17,18)(H,19,20). The van der Waals surface area contributed by atoms with Gasteiger partial charge in [0.2, 0.25) is 0 Å². The number of carbonyl (C=O) groups is 2. The van der Waals surface area contributed by atoms with E-state index in [2.05, 4.69) is 5.32 Å². The van der Waals surface area contributed by atoms with Crippen LogP contribution >= 0.6 is 11.6 Å². The molecule has 1 aliphatic rings. The summed E-state index contributed by atoms with van der Waals surface area (Å²) in [6, 6.07) is 5.26. The van der Waals surface area contributed by atoms with Crippen molar-refractivity contribution in [2.75, 3.05) is 6.61 Å². The number of carboxylic acid groups (broad SMARTS) is 1. The number of amides is 1. The van der Waals surface area contributed by atoms with Crippen LogP contribution in [0, 0.1) is 12.8 Å². The van der Waals surface area contributed by atoms with Crippen LogP contribution in [0.25, 0.3) is 0 Å². The van der Waals surface area contributed by atoms with E-state index in [1.54, 1.807) is 12.1 Å². The van der Waals surface area contributed by atoms with E-state index < -0.39 is 17.4 Å². The van der Waals surface area contributed by atoms with Gasteiger partial charge in [-0.05, 0) is 50.3 Å². The first kappa shape index (κ1) is 15.6. The minimum atomic E-state index is -1.23. The molecule has 21 heavy (non-hydrogen) atoms. The maximum Gasteiger partial charge on any atom is 0.329 e. The fourth-order valence-corrected chi connectivity index (χ4v) is 2.35. The molecule has 0 radical (unpaired) electrons. The van der Waals surface area contributed by atoms with Crippen LogP contribution in [-0.2, 0) is 9.59 Å². The number of aryl methyl sites for hydroxylation is 1. The molecule has 1 aromatic carbocycles. The maximum atomic E-state index is 11.9.